The number of carboxylic acid groups (broad SMARTS) is 2. The molecule has 12 rings (SSSR count). The molecule has 3 N–H and O–H groups in total. The summed E-state index contributed by atoms with van der Waals surface area (Å²) in [6.45, 7) is 20.4. The first-order valence-electron chi connectivity index (χ1n) is 39.6. The highest BCUT2D eigenvalue weighted by atomic mass is 35.5. The van der Waals surface area contributed by atoms with Gasteiger partial charge in [0.15, 0.2) is 5.15 Å². The van der Waals surface area contributed by atoms with Gasteiger partial charge in [0.2, 0.25) is 12.2 Å². The van der Waals surface area contributed by atoms with Crippen molar-refractivity contribution in [2.75, 3.05) is 27.3 Å². The van der Waals surface area contributed by atoms with E-state index in [2.05, 4.69) is 96.2 Å². The van der Waals surface area contributed by atoms with Gasteiger partial charge in [-0.3, -0.25) is 23.7 Å². The summed E-state index contributed by atoms with van der Waals surface area (Å²) in [7, 11) is 13.0. The molecule has 0 radical (unpaired) electrons. The Bertz CT molecular complexity index is 4670. The third-order valence-corrected chi connectivity index (χ3v) is 20.6. The molecule has 9 aromatic rings. The number of ether oxygens (including phenoxy) is 5. The maximum Gasteiger partial charge on any atom is 0.511 e. The number of aromatic carboxylic acids is 1. The quantitative estimate of drug-likeness (QED) is 0.0335. The first kappa shape index (κ1) is 92.0. The summed E-state index contributed by atoms with van der Waals surface area (Å²) in [5.41, 5.74) is 10.2. The van der Waals surface area contributed by atoms with Crippen LogP contribution in [0.25, 0.3) is 55.5 Å². The molecule has 618 valence electrons. The molecule has 1 unspecified atom stereocenters. The third-order valence-electron chi connectivity index (χ3n) is 20.3. The zero-order valence-corrected chi connectivity index (χ0v) is 69.5. The van der Waals surface area contributed by atoms with E-state index in [1.54, 1.807) is 71.6 Å². The topological polar surface area (TPSA) is 317 Å². The number of esters is 1. The fraction of sp³-hybridized carbons (Fsp3) is 0.553. The van der Waals surface area contributed by atoms with Crippen molar-refractivity contribution in [1.29, 1.82) is 0 Å². The van der Waals surface area contributed by atoms with Crippen molar-refractivity contribution in [1.82, 2.24) is 57.6 Å². The highest BCUT2D eigenvalue weighted by Gasteiger charge is 2.48. The second-order valence-electron chi connectivity index (χ2n) is 28.9. The molecule has 0 saturated heterocycles. The van der Waals surface area contributed by atoms with Gasteiger partial charge < -0.3 is 62.5 Å². The number of fused-ring (bicyclic) bond motifs is 4. The summed E-state index contributed by atoms with van der Waals surface area (Å²) < 4.78 is 36.1. The van der Waals surface area contributed by atoms with Crippen molar-refractivity contribution >= 4 is 97.4 Å². The van der Waals surface area contributed by atoms with Crippen LogP contribution >= 0.6 is 11.6 Å². The van der Waals surface area contributed by atoms with Crippen LogP contribution in [0.1, 0.15) is 235 Å². The van der Waals surface area contributed by atoms with Gasteiger partial charge in [0.05, 0.1) is 80.8 Å². The Labute approximate surface area is 670 Å². The van der Waals surface area contributed by atoms with Crippen molar-refractivity contribution in [3.8, 4) is 23.4 Å². The number of aliphatic hydroxyl groups excluding tert-OH is 1. The van der Waals surface area contributed by atoms with Crippen molar-refractivity contribution < 1.29 is 67.8 Å². The highest BCUT2D eigenvalue weighted by molar-refractivity contribution is 6.30. The monoisotopic (exact) mass is 1580 g/mol. The molecule has 2 fully saturated rings. The van der Waals surface area contributed by atoms with Gasteiger partial charge in [-0.25, -0.2) is 34.1 Å². The Balaban J connectivity index is 0.000000216. The Kier molecular flexibility index (Phi) is 35.8. The number of aliphatic carboxylic acids is 1. The van der Waals surface area contributed by atoms with E-state index in [-0.39, 0.29) is 49.0 Å². The zero-order valence-electron chi connectivity index (χ0n) is 68.7. The lowest BCUT2D eigenvalue weighted by atomic mass is 9.98. The van der Waals surface area contributed by atoms with Crippen LogP contribution in [0, 0.1) is 12.8 Å². The Morgan fingerprint density at radius 2 is 1.18 bits per heavy atom. The van der Waals surface area contributed by atoms with Crippen LogP contribution in [-0.4, -0.2) is 166 Å². The van der Waals surface area contributed by atoms with Crippen LogP contribution in [0.2, 0.25) is 5.15 Å². The number of imidazole rings is 5. The summed E-state index contributed by atoms with van der Waals surface area (Å²) in [6, 6.07) is 23.0. The van der Waals surface area contributed by atoms with Gasteiger partial charge in [0.25, 0.3) is 17.9 Å². The van der Waals surface area contributed by atoms with Crippen LogP contribution in [0.15, 0.2) is 77.8 Å². The Morgan fingerprint density at radius 3 is 1.71 bits per heavy atom. The van der Waals surface area contributed by atoms with Crippen molar-refractivity contribution in [3.05, 3.63) is 112 Å². The normalized spacial score (nSPS) is 14.1. The molecule has 1 spiro atoms. The summed E-state index contributed by atoms with van der Waals surface area (Å²) in [5.74, 6) is 1.72. The number of carbonyl (C=O) groups is 6. The summed E-state index contributed by atoms with van der Waals surface area (Å²) in [4.78, 5) is 101. The van der Waals surface area contributed by atoms with E-state index in [1.807, 2.05) is 59.3 Å². The molecule has 4 aromatic carbocycles. The molecule has 28 heteroatoms. The predicted octanol–water partition coefficient (Wildman–Crippen LogP) is 17.1. The number of carboxylic acids is 2. The molecule has 2 aliphatic carbocycles. The van der Waals surface area contributed by atoms with Gasteiger partial charge >= 0.3 is 24.1 Å². The van der Waals surface area contributed by atoms with E-state index < -0.39 is 36.4 Å². The van der Waals surface area contributed by atoms with Crippen LogP contribution in [0.4, 0.5) is 4.79 Å². The first-order valence-corrected chi connectivity index (χ1v) is 39.9. The standard InChI is InChI=1S/C21H24N4.C20H26N2O6.C12H20N2O.C11H12N2O3.C11H21NO3.C9H15ClN2O.CH4/c1-5-6-11-19-23-20-14(2)12-15(13-18(20)24(19)3)21-22-16-9-7-8-10-17(16)25(21)4;1-4-25-19-21-16-12-8-11-15(17(16)22(19)3)18(23)26-13(2)27-20(24)28-14-9-6-5-7-10-14;1-3-4-7-10-13-12(8-5-6-9-12)11(15)14(10)2;1-3-16-11-12-8-6-4-5-7(10(14)15)9(8)13(11)2;1-5-6-7-9(13)12(4)10(8(2)3)11(14)15;1-3-4-5-8-11-9(10)7(6-13)12(8)2;/h7-10,12-13H,5-6,11H2,1-4H3;8,11-14H,4-7,9-10H2,1-3H3;3-9H2,1-2H3;4-6H,3H2,1-2H3,(H,14,15);8,10H,5-7H2,1-4H3,(H,14,15);13H,3-6H2,1-2H3;1H4/t;;;;10-;;/m....0../s1. The molecule has 2 saturated carbocycles. The number of unbranched alkanes of at least 4 members (excludes halogenated alkanes) is 4. The minimum absolute atomic E-state index is 0. The smallest absolute Gasteiger partial charge is 0.480 e. The first-order chi connectivity index (χ1) is 53.5. The van der Waals surface area contributed by atoms with Crippen LogP contribution in [0.5, 0.6) is 12.0 Å². The summed E-state index contributed by atoms with van der Waals surface area (Å²) in [5, 5.41) is 27.5. The maximum absolute atomic E-state index is 12.6. The number of aryl methyl sites for hydroxylation is 7. The molecule has 3 aliphatic rings. The maximum atomic E-state index is 12.6. The lowest BCUT2D eigenvalue weighted by Gasteiger charge is -2.27. The van der Waals surface area contributed by atoms with Gasteiger partial charge in [0, 0.05) is 87.5 Å². The Hall–Kier alpha value is -9.89. The number of benzene rings is 4. The van der Waals surface area contributed by atoms with Crippen LogP contribution in [-0.2, 0) is 83.3 Å². The minimum Gasteiger partial charge on any atom is -0.480 e. The molecule has 27 nitrogen and oxygen atoms in total. The number of nitrogens with zero attached hydrogens (tertiary/aromatic N) is 13. The van der Waals surface area contributed by atoms with Gasteiger partial charge in [-0.15, -0.1) is 0 Å². The number of likely N-dealkylation sites (N-methyl/N-ethyl adjacent to an activating group) is 2. The third kappa shape index (κ3) is 23.4. The number of halogens is 1. The fourth-order valence-corrected chi connectivity index (χ4v) is 14.4. The number of hydrogen-bond donors (Lipinski definition) is 3. The van der Waals surface area contributed by atoms with Gasteiger partial charge in [0.1, 0.15) is 41.0 Å². The molecule has 2 amide bonds. The number of carbonyl (C=O) groups excluding carboxylic acids is 4. The van der Waals surface area contributed by atoms with Crippen LogP contribution < -0.4 is 9.47 Å². The van der Waals surface area contributed by atoms with E-state index in [4.69, 9.17) is 65.6 Å². The lowest BCUT2D eigenvalue weighted by molar-refractivity contribution is -0.151. The number of aliphatic hydroxyl groups is 1. The highest BCUT2D eigenvalue weighted by Crippen LogP contribution is 2.39. The molecule has 1 aliphatic heterocycles. The summed E-state index contributed by atoms with van der Waals surface area (Å²) >= 11 is 5.84. The number of para-hydroxylation sites is 4. The number of hydrogen-bond acceptors (Lipinski definition) is 18. The zero-order chi connectivity index (χ0) is 82.1. The number of amidine groups is 1. The van der Waals surface area contributed by atoms with E-state index in [9.17, 15) is 28.8 Å². The number of rotatable bonds is 26. The fourth-order valence-electron chi connectivity index (χ4n) is 14.1. The van der Waals surface area contributed by atoms with E-state index in [0.29, 0.717) is 70.1 Å². The van der Waals surface area contributed by atoms with Crippen molar-refractivity contribution in [2.45, 2.75) is 242 Å². The lowest BCUT2D eigenvalue weighted by Crippen LogP contribution is -2.45. The average Bonchev–Trinajstić information content (AvgIpc) is 1.63. The molecule has 6 heterocycles. The van der Waals surface area contributed by atoms with Crippen molar-refractivity contribution in [3.63, 3.8) is 0 Å². The van der Waals surface area contributed by atoms with E-state index in [0.717, 1.165) is 155 Å². The number of aliphatic imine (C=N–C) groups is 1. The number of aromatic nitrogens is 10. The van der Waals surface area contributed by atoms with E-state index >= 15 is 0 Å². The molecule has 0 bridgehead atoms. The largest absolute Gasteiger partial charge is 0.511 e. The second kappa shape index (κ2) is 44.0. The number of amides is 2. The molecule has 5 aromatic heterocycles. The second-order valence-corrected chi connectivity index (χ2v) is 29.3. The van der Waals surface area contributed by atoms with E-state index in [1.165, 1.54) is 41.6 Å². The molecular weight excluding hydrogens is 1460 g/mol. The van der Waals surface area contributed by atoms with Gasteiger partial charge in [-0.2, -0.15) is 9.97 Å². The Morgan fingerprint density at radius 1 is 0.628 bits per heavy atom. The summed E-state index contributed by atoms with van der Waals surface area (Å²) in [6.07, 6.45) is 19.2. The van der Waals surface area contributed by atoms with Crippen LogP contribution in [0.3, 0.4) is 0 Å². The SMILES string of the molecule is C.CCCCC(=O)N(C)[C@H](C(=O)O)C(C)C.CCCCC1=NC2(CCCC2)C(=O)N1C.CCCCc1nc(Cl)c(CO)n1C.CCCCc1nc2c(C)cc(-c3nc4ccccc4n3C)cc2n1C.CCOc1nc2cccc(C(=O)O)c2n1C.CCOc1nc2cccc(C(=O)OC(C)OC(=O)OC3CCCCC3)c2n1C. The predicted molar refractivity (Wildman–Crippen MR) is 443 cm³/mol. The van der Waals surface area contributed by atoms with Gasteiger partial charge in [-0.1, -0.05) is 130 Å². The van der Waals surface area contributed by atoms with Gasteiger partial charge in [-0.05, 0) is 145 Å². The average molecular weight is 1590 g/mol. The molecular formula is C85H122ClN13O14. The van der Waals surface area contributed by atoms with Crippen molar-refractivity contribution in [2.24, 2.45) is 46.1 Å². The minimum atomic E-state index is -1.07. The molecule has 2 atom stereocenters. The molecule has 113 heavy (non-hydrogen) atoms.